The van der Waals surface area contributed by atoms with Gasteiger partial charge in [-0.15, -0.1) is 0 Å². The van der Waals surface area contributed by atoms with Gasteiger partial charge in [-0.25, -0.2) is 4.39 Å². The number of likely N-dealkylation sites (N-methyl/N-ethyl adjacent to an activating group) is 1. The van der Waals surface area contributed by atoms with Crippen molar-refractivity contribution in [2.75, 3.05) is 20.6 Å². The van der Waals surface area contributed by atoms with Crippen LogP contribution >= 0.6 is 11.6 Å². The van der Waals surface area contributed by atoms with Crippen molar-refractivity contribution in [3.8, 4) is 0 Å². The van der Waals surface area contributed by atoms with E-state index in [1.807, 2.05) is 19.0 Å². The average Bonchev–Trinajstić information content (AvgIpc) is 2.10. The predicted octanol–water partition coefficient (Wildman–Crippen LogP) is 1.91. The fraction of sp³-hybridized carbons (Fsp3) is 0.455. The van der Waals surface area contributed by atoms with Crippen LogP contribution in [0, 0.1) is 5.82 Å². The molecule has 1 unspecified atom stereocenters. The Kier molecular flexibility index (Phi) is 4.51. The number of nitrogens with two attached hydrogens (primary N) is 1. The van der Waals surface area contributed by atoms with E-state index in [0.717, 1.165) is 0 Å². The summed E-state index contributed by atoms with van der Waals surface area (Å²) in [7, 11) is 3.87. The van der Waals surface area contributed by atoms with Crippen LogP contribution in [0.15, 0.2) is 18.2 Å². The van der Waals surface area contributed by atoms with Crippen LogP contribution in [0.1, 0.15) is 5.56 Å². The molecular weight excluding hydrogens is 215 g/mol. The van der Waals surface area contributed by atoms with Gasteiger partial charge in [0.05, 0.1) is 0 Å². The van der Waals surface area contributed by atoms with Crippen LogP contribution in [-0.2, 0) is 6.42 Å². The molecule has 1 aromatic rings. The molecule has 0 radical (unpaired) electrons. The summed E-state index contributed by atoms with van der Waals surface area (Å²) in [5.41, 5.74) is 6.39. The van der Waals surface area contributed by atoms with Crippen LogP contribution < -0.4 is 5.73 Å². The SMILES string of the molecule is CN(C)CC(N)Cc1c(F)cccc1Cl. The summed E-state index contributed by atoms with van der Waals surface area (Å²) in [5, 5.41) is 0.448. The summed E-state index contributed by atoms with van der Waals surface area (Å²) in [6.07, 6.45) is 0.462. The maximum Gasteiger partial charge on any atom is 0.127 e. The summed E-state index contributed by atoms with van der Waals surface area (Å²) in [6.45, 7) is 0.713. The van der Waals surface area contributed by atoms with Gasteiger partial charge in [0.1, 0.15) is 5.82 Å². The molecule has 15 heavy (non-hydrogen) atoms. The molecule has 1 atom stereocenters. The van der Waals surface area contributed by atoms with Crippen molar-refractivity contribution >= 4 is 11.6 Å². The molecule has 0 spiro atoms. The van der Waals surface area contributed by atoms with Crippen LogP contribution in [0.4, 0.5) is 4.39 Å². The third kappa shape index (κ3) is 3.78. The molecule has 4 heteroatoms. The van der Waals surface area contributed by atoms with Gasteiger partial charge in [-0.2, -0.15) is 0 Å². The quantitative estimate of drug-likeness (QED) is 0.856. The van der Waals surface area contributed by atoms with E-state index < -0.39 is 0 Å². The van der Waals surface area contributed by atoms with E-state index in [1.165, 1.54) is 6.07 Å². The number of halogens is 2. The maximum atomic E-state index is 13.4. The molecule has 0 aliphatic heterocycles. The van der Waals surface area contributed by atoms with E-state index in [-0.39, 0.29) is 11.9 Å². The molecule has 84 valence electrons. The first-order chi connectivity index (χ1) is 7.00. The molecule has 0 aliphatic rings. The zero-order valence-electron chi connectivity index (χ0n) is 9.00. The molecule has 0 aromatic heterocycles. The van der Waals surface area contributed by atoms with E-state index in [9.17, 15) is 4.39 Å². The Morgan fingerprint density at radius 3 is 2.67 bits per heavy atom. The van der Waals surface area contributed by atoms with Crippen molar-refractivity contribution in [3.05, 3.63) is 34.6 Å². The highest BCUT2D eigenvalue weighted by Crippen LogP contribution is 2.20. The van der Waals surface area contributed by atoms with E-state index in [4.69, 9.17) is 17.3 Å². The first-order valence-corrected chi connectivity index (χ1v) is 5.21. The molecular formula is C11H16ClFN2. The molecule has 0 saturated carbocycles. The zero-order chi connectivity index (χ0) is 11.4. The second kappa shape index (κ2) is 5.45. The Labute approximate surface area is 94.8 Å². The Bertz CT molecular complexity index is 308. The van der Waals surface area contributed by atoms with Gasteiger partial charge in [0, 0.05) is 23.2 Å². The summed E-state index contributed by atoms with van der Waals surface area (Å²) >= 11 is 5.90. The fourth-order valence-electron chi connectivity index (χ4n) is 1.52. The van der Waals surface area contributed by atoms with Crippen molar-refractivity contribution in [2.24, 2.45) is 5.73 Å². The third-order valence-electron chi connectivity index (χ3n) is 2.13. The minimum Gasteiger partial charge on any atom is -0.326 e. The van der Waals surface area contributed by atoms with Crippen LogP contribution in [0.2, 0.25) is 5.02 Å². The van der Waals surface area contributed by atoms with Gasteiger partial charge in [-0.3, -0.25) is 0 Å². The van der Waals surface area contributed by atoms with Crippen molar-refractivity contribution in [3.63, 3.8) is 0 Å². The second-order valence-corrected chi connectivity index (χ2v) is 4.33. The van der Waals surface area contributed by atoms with E-state index >= 15 is 0 Å². The fourth-order valence-corrected chi connectivity index (χ4v) is 1.76. The highest BCUT2D eigenvalue weighted by atomic mass is 35.5. The summed E-state index contributed by atoms with van der Waals surface area (Å²) in [4.78, 5) is 1.97. The largest absolute Gasteiger partial charge is 0.326 e. The standard InChI is InChI=1S/C11H16ClFN2/c1-15(2)7-8(14)6-9-10(12)4-3-5-11(9)13/h3-5,8H,6-7,14H2,1-2H3. The first-order valence-electron chi connectivity index (χ1n) is 4.84. The summed E-state index contributed by atoms with van der Waals surface area (Å²) < 4.78 is 13.4. The topological polar surface area (TPSA) is 29.3 Å². The number of rotatable bonds is 4. The Hall–Kier alpha value is -0.640. The predicted molar refractivity (Wildman–Crippen MR) is 61.6 cm³/mol. The molecule has 2 nitrogen and oxygen atoms in total. The Morgan fingerprint density at radius 1 is 1.47 bits per heavy atom. The average molecular weight is 231 g/mol. The lowest BCUT2D eigenvalue weighted by Gasteiger charge is -2.17. The lowest BCUT2D eigenvalue weighted by Crippen LogP contribution is -2.35. The Balaban J connectivity index is 2.71. The lowest BCUT2D eigenvalue weighted by atomic mass is 10.1. The molecule has 2 N–H and O–H groups in total. The molecule has 0 bridgehead atoms. The minimum atomic E-state index is -0.281. The van der Waals surface area contributed by atoms with Gasteiger partial charge in [0.15, 0.2) is 0 Å². The Morgan fingerprint density at radius 2 is 2.13 bits per heavy atom. The monoisotopic (exact) mass is 230 g/mol. The van der Waals surface area contributed by atoms with E-state index in [2.05, 4.69) is 0 Å². The highest BCUT2D eigenvalue weighted by molar-refractivity contribution is 6.31. The first kappa shape index (κ1) is 12.4. The molecule has 0 fully saturated rings. The van der Waals surface area contributed by atoms with E-state index in [1.54, 1.807) is 12.1 Å². The lowest BCUT2D eigenvalue weighted by molar-refractivity contribution is 0.369. The van der Waals surface area contributed by atoms with Crippen molar-refractivity contribution in [2.45, 2.75) is 12.5 Å². The molecule has 0 amide bonds. The van der Waals surface area contributed by atoms with Crippen molar-refractivity contribution in [1.29, 1.82) is 0 Å². The van der Waals surface area contributed by atoms with Gasteiger partial charge in [-0.05, 0) is 32.6 Å². The maximum absolute atomic E-state index is 13.4. The van der Waals surface area contributed by atoms with E-state index in [0.29, 0.717) is 23.6 Å². The zero-order valence-corrected chi connectivity index (χ0v) is 9.76. The second-order valence-electron chi connectivity index (χ2n) is 3.93. The third-order valence-corrected chi connectivity index (χ3v) is 2.48. The summed E-state index contributed by atoms with van der Waals surface area (Å²) in [5.74, 6) is -0.281. The molecule has 1 rings (SSSR count). The van der Waals surface area contributed by atoms with Crippen molar-refractivity contribution < 1.29 is 4.39 Å². The van der Waals surface area contributed by atoms with Crippen molar-refractivity contribution in [1.82, 2.24) is 4.90 Å². The minimum absolute atomic E-state index is 0.102. The smallest absolute Gasteiger partial charge is 0.127 e. The molecule has 0 aliphatic carbocycles. The summed E-state index contributed by atoms with van der Waals surface area (Å²) in [6, 6.07) is 4.58. The number of hydrogen-bond acceptors (Lipinski definition) is 2. The normalized spacial score (nSPS) is 13.2. The van der Waals surface area contributed by atoms with Crippen LogP contribution in [0.25, 0.3) is 0 Å². The van der Waals surface area contributed by atoms with Crippen LogP contribution in [-0.4, -0.2) is 31.6 Å². The molecule has 0 saturated heterocycles. The highest BCUT2D eigenvalue weighted by Gasteiger charge is 2.12. The number of nitrogens with zero attached hydrogens (tertiary/aromatic N) is 1. The van der Waals surface area contributed by atoms with Gasteiger partial charge < -0.3 is 10.6 Å². The van der Waals surface area contributed by atoms with Gasteiger partial charge in [0.25, 0.3) is 0 Å². The van der Waals surface area contributed by atoms with Crippen LogP contribution in [0.5, 0.6) is 0 Å². The van der Waals surface area contributed by atoms with Crippen LogP contribution in [0.3, 0.4) is 0 Å². The van der Waals surface area contributed by atoms with Gasteiger partial charge in [-0.1, -0.05) is 17.7 Å². The van der Waals surface area contributed by atoms with Gasteiger partial charge in [0.2, 0.25) is 0 Å². The molecule has 1 aromatic carbocycles. The number of hydrogen-bond donors (Lipinski definition) is 1. The molecule has 0 heterocycles. The van der Waals surface area contributed by atoms with Gasteiger partial charge >= 0.3 is 0 Å². The number of benzene rings is 1.